The first-order chi connectivity index (χ1) is 5.52. The minimum absolute atomic E-state index is 0. The molecule has 0 aromatic rings. The van der Waals surface area contributed by atoms with Crippen LogP contribution in [0.25, 0.3) is 0 Å². The quantitative estimate of drug-likeness (QED) is 0.718. The highest BCUT2D eigenvalue weighted by Gasteiger charge is 2.41. The van der Waals surface area contributed by atoms with Gasteiger partial charge in [0.15, 0.2) is 0 Å². The molecule has 1 saturated carbocycles. The Hall–Kier alpha value is 0.0400. The molecular formula is C8H15ClF3N. The second-order valence-electron chi connectivity index (χ2n) is 3.47. The first kappa shape index (κ1) is 13.0. The third-order valence-electron chi connectivity index (χ3n) is 2.54. The molecule has 1 aliphatic rings. The van der Waals surface area contributed by atoms with Crippen LogP contribution in [-0.4, -0.2) is 12.2 Å². The Labute approximate surface area is 82.3 Å². The van der Waals surface area contributed by atoms with Crippen LogP contribution in [-0.2, 0) is 0 Å². The fourth-order valence-corrected chi connectivity index (χ4v) is 1.76. The Bertz CT molecular complexity index is 143. The summed E-state index contributed by atoms with van der Waals surface area (Å²) in [7, 11) is 0. The van der Waals surface area contributed by atoms with E-state index in [0.29, 0.717) is 12.8 Å². The van der Waals surface area contributed by atoms with Crippen molar-refractivity contribution >= 4 is 12.4 Å². The summed E-state index contributed by atoms with van der Waals surface area (Å²) in [4.78, 5) is 0. The summed E-state index contributed by atoms with van der Waals surface area (Å²) in [5.41, 5.74) is 5.10. The minimum Gasteiger partial charge on any atom is -0.320 e. The van der Waals surface area contributed by atoms with Gasteiger partial charge in [-0.25, -0.2) is 0 Å². The highest BCUT2D eigenvalue weighted by Crippen LogP contribution is 2.32. The molecule has 1 aliphatic carbocycles. The summed E-state index contributed by atoms with van der Waals surface area (Å²) in [6, 6.07) is -1.60. The van der Waals surface area contributed by atoms with Gasteiger partial charge in [-0.1, -0.05) is 19.3 Å². The van der Waals surface area contributed by atoms with Crippen LogP contribution >= 0.6 is 12.4 Å². The van der Waals surface area contributed by atoms with Crippen LogP contribution in [0.4, 0.5) is 13.2 Å². The molecule has 5 heteroatoms. The number of alkyl halides is 3. The number of hydrogen-bond acceptors (Lipinski definition) is 1. The summed E-state index contributed by atoms with van der Waals surface area (Å²) in [6.07, 6.45) is -0.0761. The van der Waals surface area contributed by atoms with Crippen LogP contribution in [0.15, 0.2) is 0 Å². The van der Waals surface area contributed by atoms with Crippen molar-refractivity contribution in [1.29, 1.82) is 0 Å². The van der Waals surface area contributed by atoms with Gasteiger partial charge in [-0.2, -0.15) is 13.2 Å². The van der Waals surface area contributed by atoms with Crippen LogP contribution in [0.2, 0.25) is 0 Å². The Kier molecular flexibility index (Phi) is 5.07. The second-order valence-corrected chi connectivity index (χ2v) is 3.47. The van der Waals surface area contributed by atoms with Crippen molar-refractivity contribution in [2.24, 2.45) is 11.7 Å². The third-order valence-corrected chi connectivity index (χ3v) is 2.54. The third kappa shape index (κ3) is 3.73. The zero-order valence-electron chi connectivity index (χ0n) is 7.31. The van der Waals surface area contributed by atoms with Gasteiger partial charge in [0.1, 0.15) is 6.04 Å². The molecule has 0 bridgehead atoms. The summed E-state index contributed by atoms with van der Waals surface area (Å²) >= 11 is 0. The zero-order valence-corrected chi connectivity index (χ0v) is 8.13. The van der Waals surface area contributed by atoms with Gasteiger partial charge in [-0.15, -0.1) is 12.4 Å². The molecule has 0 saturated heterocycles. The molecule has 80 valence electrons. The molecule has 1 rings (SSSR count). The Morgan fingerprint density at radius 1 is 1.08 bits per heavy atom. The van der Waals surface area contributed by atoms with E-state index in [1.165, 1.54) is 0 Å². The molecule has 0 aliphatic heterocycles. The Balaban J connectivity index is 0.00000144. The van der Waals surface area contributed by atoms with Crippen molar-refractivity contribution in [3.8, 4) is 0 Å². The van der Waals surface area contributed by atoms with Gasteiger partial charge in [-0.3, -0.25) is 0 Å². The number of halogens is 4. The molecule has 1 atom stereocenters. The van der Waals surface area contributed by atoms with Crippen molar-refractivity contribution in [2.75, 3.05) is 0 Å². The largest absolute Gasteiger partial charge is 0.403 e. The lowest BCUT2D eigenvalue weighted by Crippen LogP contribution is -2.44. The second kappa shape index (κ2) is 5.05. The minimum atomic E-state index is -4.21. The molecule has 2 N–H and O–H groups in total. The van der Waals surface area contributed by atoms with E-state index in [9.17, 15) is 13.2 Å². The van der Waals surface area contributed by atoms with Crippen molar-refractivity contribution in [1.82, 2.24) is 0 Å². The van der Waals surface area contributed by atoms with Crippen LogP contribution in [0.3, 0.4) is 0 Å². The molecule has 0 heterocycles. The van der Waals surface area contributed by atoms with E-state index in [0.717, 1.165) is 19.3 Å². The van der Waals surface area contributed by atoms with Gasteiger partial charge in [0.25, 0.3) is 0 Å². The fraction of sp³-hybridized carbons (Fsp3) is 1.00. The number of hydrogen-bond donors (Lipinski definition) is 1. The Morgan fingerprint density at radius 2 is 1.54 bits per heavy atom. The van der Waals surface area contributed by atoms with Gasteiger partial charge in [0, 0.05) is 0 Å². The van der Waals surface area contributed by atoms with E-state index < -0.39 is 12.2 Å². The predicted octanol–water partition coefficient (Wildman–Crippen LogP) is 2.88. The first-order valence-electron chi connectivity index (χ1n) is 4.34. The van der Waals surface area contributed by atoms with E-state index in [1.54, 1.807) is 0 Å². The molecule has 0 spiro atoms. The molecule has 0 radical (unpaired) electrons. The monoisotopic (exact) mass is 217 g/mol. The maximum absolute atomic E-state index is 12.1. The fourth-order valence-electron chi connectivity index (χ4n) is 1.76. The van der Waals surface area contributed by atoms with Gasteiger partial charge < -0.3 is 5.73 Å². The smallest absolute Gasteiger partial charge is 0.320 e. The van der Waals surface area contributed by atoms with E-state index >= 15 is 0 Å². The van der Waals surface area contributed by atoms with Crippen LogP contribution in [0.5, 0.6) is 0 Å². The summed E-state index contributed by atoms with van der Waals surface area (Å²) in [6.45, 7) is 0. The standard InChI is InChI=1S/C8H14F3N.ClH/c9-8(10,11)7(12)6-4-2-1-3-5-6;/h6-7H,1-5,12H2;1H. The van der Waals surface area contributed by atoms with Crippen LogP contribution < -0.4 is 5.73 Å². The maximum Gasteiger partial charge on any atom is 0.403 e. The van der Waals surface area contributed by atoms with Gasteiger partial charge in [0.2, 0.25) is 0 Å². The first-order valence-corrected chi connectivity index (χ1v) is 4.34. The molecule has 0 aromatic heterocycles. The number of rotatable bonds is 1. The van der Waals surface area contributed by atoms with Crippen molar-refractivity contribution in [3.05, 3.63) is 0 Å². The summed E-state index contributed by atoms with van der Waals surface area (Å²) in [5, 5.41) is 0. The lowest BCUT2D eigenvalue weighted by Gasteiger charge is -2.28. The molecule has 0 aromatic carbocycles. The SMILES string of the molecule is Cl.NC(C1CCCCC1)C(F)(F)F. The highest BCUT2D eigenvalue weighted by atomic mass is 35.5. The zero-order chi connectivity index (χ0) is 9.19. The maximum atomic E-state index is 12.1. The van der Waals surface area contributed by atoms with Gasteiger partial charge in [-0.05, 0) is 18.8 Å². The molecule has 13 heavy (non-hydrogen) atoms. The van der Waals surface area contributed by atoms with Crippen molar-refractivity contribution < 1.29 is 13.2 Å². The van der Waals surface area contributed by atoms with Crippen molar-refractivity contribution in [3.63, 3.8) is 0 Å². The van der Waals surface area contributed by atoms with E-state index in [4.69, 9.17) is 5.73 Å². The van der Waals surface area contributed by atoms with Crippen LogP contribution in [0.1, 0.15) is 32.1 Å². The molecular weight excluding hydrogens is 203 g/mol. The van der Waals surface area contributed by atoms with E-state index in [2.05, 4.69) is 0 Å². The molecule has 1 nitrogen and oxygen atoms in total. The predicted molar refractivity (Wildman–Crippen MR) is 47.9 cm³/mol. The molecule has 0 amide bonds. The topological polar surface area (TPSA) is 26.0 Å². The highest BCUT2D eigenvalue weighted by molar-refractivity contribution is 5.85. The van der Waals surface area contributed by atoms with E-state index in [1.807, 2.05) is 0 Å². The summed E-state index contributed by atoms with van der Waals surface area (Å²) < 4.78 is 36.3. The van der Waals surface area contributed by atoms with Crippen LogP contribution in [0, 0.1) is 5.92 Å². The van der Waals surface area contributed by atoms with Gasteiger partial charge in [0.05, 0.1) is 0 Å². The number of nitrogens with two attached hydrogens (primary N) is 1. The average Bonchev–Trinajstić information content (AvgIpc) is 2.03. The summed E-state index contributed by atoms with van der Waals surface area (Å²) in [5.74, 6) is -0.334. The molecule has 1 unspecified atom stereocenters. The lowest BCUT2D eigenvalue weighted by atomic mass is 9.84. The lowest BCUT2D eigenvalue weighted by molar-refractivity contribution is -0.161. The Morgan fingerprint density at radius 3 is 1.92 bits per heavy atom. The van der Waals surface area contributed by atoms with Crippen molar-refractivity contribution in [2.45, 2.75) is 44.3 Å². The molecule has 1 fully saturated rings. The van der Waals surface area contributed by atoms with Gasteiger partial charge >= 0.3 is 6.18 Å². The average molecular weight is 218 g/mol. The normalized spacial score (nSPS) is 22.2. The van der Waals surface area contributed by atoms with E-state index in [-0.39, 0.29) is 18.3 Å².